The molecule has 0 aliphatic rings. The van der Waals surface area contributed by atoms with Crippen molar-refractivity contribution in [1.29, 1.82) is 0 Å². The number of hydrogen-bond donors (Lipinski definition) is 3. The Morgan fingerprint density at radius 3 is 0.510 bits per heavy atom. The monoisotopic (exact) mass is 702 g/mol. The molecule has 0 rings (SSSR count). The van der Waals surface area contributed by atoms with Crippen LogP contribution < -0.4 is 0 Å². The molecule has 0 amide bonds. The van der Waals surface area contributed by atoms with E-state index in [1.807, 2.05) is 0 Å². The van der Waals surface area contributed by atoms with Crippen molar-refractivity contribution >= 4 is 7.32 Å². The molecule has 0 saturated carbocycles. The van der Waals surface area contributed by atoms with Crippen molar-refractivity contribution in [3.05, 3.63) is 0 Å². The summed E-state index contributed by atoms with van der Waals surface area (Å²) in [6.45, 7) is 10.6. The van der Waals surface area contributed by atoms with Gasteiger partial charge in [-0.25, -0.2) is 0 Å². The summed E-state index contributed by atoms with van der Waals surface area (Å²) in [7, 11) is 10.8. The van der Waals surface area contributed by atoms with Crippen LogP contribution in [-0.2, 0) is 0 Å². The maximum absolute atomic E-state index is 7.17. The van der Waals surface area contributed by atoms with Crippen molar-refractivity contribution in [2.75, 3.05) is 61.9 Å². The lowest BCUT2D eigenvalue weighted by Gasteiger charge is -2.08. The van der Waals surface area contributed by atoms with Crippen LogP contribution in [0.1, 0.15) is 213 Å². The number of hydrogen-bond acceptors (Lipinski definition) is 6. The molecule has 0 atom stereocenters. The number of rotatable bonds is 33. The summed E-state index contributed by atoms with van der Waals surface area (Å²) in [5.41, 5.74) is 0. The predicted octanol–water partition coefficient (Wildman–Crippen LogP) is 11.4. The normalized spacial score (nSPS) is 10.8. The van der Waals surface area contributed by atoms with E-state index < -0.39 is 7.32 Å². The molecule has 0 unspecified atom stereocenters. The molecule has 0 fully saturated rings. The molecule has 300 valence electrons. The fourth-order valence-electron chi connectivity index (χ4n) is 5.75. The minimum Gasteiger partial charge on any atom is -0.402 e. The lowest BCUT2D eigenvalue weighted by molar-refractivity contribution is 0.278. The van der Waals surface area contributed by atoms with E-state index in [0.29, 0.717) is 0 Å². The van der Waals surface area contributed by atoms with E-state index in [1.54, 1.807) is 0 Å². The second-order valence-corrected chi connectivity index (χ2v) is 15.3. The Balaban J connectivity index is -0.000000293. The zero-order valence-electron chi connectivity index (χ0n) is 35.6. The molecular weight excluding hydrogens is 605 g/mol. The van der Waals surface area contributed by atoms with Crippen molar-refractivity contribution in [2.45, 2.75) is 213 Å². The van der Waals surface area contributed by atoms with E-state index >= 15 is 0 Å². The van der Waals surface area contributed by atoms with Crippen molar-refractivity contribution in [3.63, 3.8) is 0 Å². The summed E-state index contributed by atoms with van der Waals surface area (Å²) < 4.78 is 0. The van der Waals surface area contributed by atoms with Crippen molar-refractivity contribution < 1.29 is 15.1 Å². The molecule has 0 aromatic rings. The molecule has 7 heteroatoms. The molecule has 0 heterocycles. The summed E-state index contributed by atoms with van der Waals surface area (Å²) in [6.07, 6.45) is 43.1. The molecule has 0 bridgehead atoms. The summed E-state index contributed by atoms with van der Waals surface area (Å²) >= 11 is 0. The molecule has 6 nitrogen and oxygen atoms in total. The summed E-state index contributed by atoms with van der Waals surface area (Å²) in [4.78, 5) is 6.85. The largest absolute Gasteiger partial charge is 0.631 e. The Morgan fingerprint density at radius 1 is 0.265 bits per heavy atom. The highest BCUT2D eigenvalue weighted by atomic mass is 16.5. The summed E-state index contributed by atoms with van der Waals surface area (Å²) in [5, 5.41) is 21.5. The fraction of sp³-hybridized carbons (Fsp3) is 1.00. The molecule has 0 radical (unpaired) electrons. The van der Waals surface area contributed by atoms with Gasteiger partial charge >= 0.3 is 7.32 Å². The van der Waals surface area contributed by atoms with Crippen LogP contribution in [0.4, 0.5) is 0 Å². The van der Waals surface area contributed by atoms with Gasteiger partial charge in [-0.15, -0.1) is 0 Å². The average Bonchev–Trinajstić information content (AvgIpc) is 3.04. The van der Waals surface area contributed by atoms with Gasteiger partial charge in [-0.3, -0.25) is 0 Å². The van der Waals surface area contributed by atoms with Crippen LogP contribution in [0, 0.1) is 0 Å². The number of unbranched alkanes of at least 4 members (excludes halogenated alkanes) is 27. The Labute approximate surface area is 311 Å². The first-order chi connectivity index (χ1) is 23.5. The van der Waals surface area contributed by atoms with E-state index in [-0.39, 0.29) is 0 Å². The molecule has 0 saturated heterocycles. The van der Waals surface area contributed by atoms with E-state index in [9.17, 15) is 0 Å². The van der Waals surface area contributed by atoms with Gasteiger partial charge in [0, 0.05) is 0 Å². The van der Waals surface area contributed by atoms with E-state index in [4.69, 9.17) is 15.1 Å². The first-order valence-corrected chi connectivity index (χ1v) is 21.5. The van der Waals surface area contributed by atoms with E-state index in [2.05, 4.69) is 77.8 Å². The fourth-order valence-corrected chi connectivity index (χ4v) is 5.75. The molecule has 0 spiro atoms. The van der Waals surface area contributed by atoms with Crippen LogP contribution in [0.25, 0.3) is 0 Å². The molecule has 0 aromatic carbocycles. The third-order valence-electron chi connectivity index (χ3n) is 8.88. The number of nitrogens with zero attached hydrogens (tertiary/aromatic N) is 3. The molecular formula is C42H96BN3O3. The second kappa shape index (κ2) is 52.2. The van der Waals surface area contributed by atoms with Gasteiger partial charge in [-0.05, 0) is 81.2 Å². The van der Waals surface area contributed by atoms with E-state index in [1.165, 1.54) is 212 Å². The predicted molar refractivity (Wildman–Crippen MR) is 224 cm³/mol. The van der Waals surface area contributed by atoms with Crippen LogP contribution in [0.2, 0.25) is 0 Å². The van der Waals surface area contributed by atoms with E-state index in [0.717, 1.165) is 0 Å². The first kappa shape index (κ1) is 55.6. The van der Waals surface area contributed by atoms with Gasteiger partial charge in [0.1, 0.15) is 0 Å². The van der Waals surface area contributed by atoms with Crippen molar-refractivity contribution in [1.82, 2.24) is 14.7 Å². The SMILES string of the molecule is CCCCCCCCCCCCN(C)C.CCCCCCCCCCCCN(C)C.CCCCCCCCCCCCN(C)C.OB(O)O. The second-order valence-electron chi connectivity index (χ2n) is 15.3. The van der Waals surface area contributed by atoms with Crippen LogP contribution in [0.15, 0.2) is 0 Å². The highest BCUT2D eigenvalue weighted by Gasteiger charge is 1.96. The van der Waals surface area contributed by atoms with Gasteiger partial charge in [-0.2, -0.15) is 0 Å². The van der Waals surface area contributed by atoms with Gasteiger partial charge in [0.2, 0.25) is 0 Å². The first-order valence-electron chi connectivity index (χ1n) is 21.5. The van der Waals surface area contributed by atoms with Crippen molar-refractivity contribution in [2.24, 2.45) is 0 Å². The third kappa shape index (κ3) is 78.3. The average molecular weight is 702 g/mol. The molecule has 0 aliphatic carbocycles. The topological polar surface area (TPSA) is 70.4 Å². The molecule has 49 heavy (non-hydrogen) atoms. The van der Waals surface area contributed by atoms with Crippen LogP contribution in [0.5, 0.6) is 0 Å². The Bertz CT molecular complexity index is 456. The zero-order valence-corrected chi connectivity index (χ0v) is 35.6. The lowest BCUT2D eigenvalue weighted by Crippen LogP contribution is -2.12. The maximum Gasteiger partial charge on any atom is 0.631 e. The zero-order chi connectivity index (χ0) is 37.6. The Kier molecular flexibility index (Phi) is 59.2. The van der Waals surface area contributed by atoms with Crippen LogP contribution in [-0.4, -0.2) is 99.0 Å². The van der Waals surface area contributed by atoms with Gasteiger partial charge < -0.3 is 29.8 Å². The highest BCUT2D eigenvalue weighted by molar-refractivity contribution is 6.30. The third-order valence-corrected chi connectivity index (χ3v) is 8.88. The van der Waals surface area contributed by atoms with Crippen molar-refractivity contribution in [3.8, 4) is 0 Å². The molecule has 0 aliphatic heterocycles. The van der Waals surface area contributed by atoms with Gasteiger partial charge in [0.05, 0.1) is 0 Å². The van der Waals surface area contributed by atoms with Gasteiger partial charge in [0.15, 0.2) is 0 Å². The van der Waals surface area contributed by atoms with Gasteiger partial charge in [0.25, 0.3) is 0 Å². The highest BCUT2D eigenvalue weighted by Crippen LogP contribution is 2.12. The molecule has 3 N–H and O–H groups in total. The Morgan fingerprint density at radius 2 is 0.388 bits per heavy atom. The minimum atomic E-state index is -2.17. The van der Waals surface area contributed by atoms with Gasteiger partial charge in [-0.1, -0.05) is 194 Å². The Hall–Kier alpha value is -0.175. The maximum atomic E-state index is 7.17. The van der Waals surface area contributed by atoms with Crippen LogP contribution in [0.3, 0.4) is 0 Å². The quantitative estimate of drug-likeness (QED) is 0.0467. The summed E-state index contributed by atoms with van der Waals surface area (Å²) in [5.74, 6) is 0. The molecule has 0 aromatic heterocycles. The minimum absolute atomic E-state index is 1.26. The van der Waals surface area contributed by atoms with Crippen LogP contribution >= 0.6 is 0 Å². The smallest absolute Gasteiger partial charge is 0.402 e. The lowest BCUT2D eigenvalue weighted by atomic mass is 10.1. The summed E-state index contributed by atoms with van der Waals surface area (Å²) in [6, 6.07) is 0. The standard InChI is InChI=1S/3C14H31N.BH3O3/c3*1-4-5-6-7-8-9-10-11-12-13-14-15(2)3;2-1(3)4/h3*4-14H2,1-3H3;2-4H.